The molecular weight excluding hydrogens is 284 g/mol. The summed E-state index contributed by atoms with van der Waals surface area (Å²) in [4.78, 5) is 23.5. The summed E-state index contributed by atoms with van der Waals surface area (Å²) in [6.45, 7) is 7.13. The fourth-order valence-corrected chi connectivity index (χ4v) is 4.65. The maximum absolute atomic E-state index is 12.1. The Bertz CT molecular complexity index is 541. The van der Waals surface area contributed by atoms with Crippen molar-refractivity contribution in [2.75, 3.05) is 0 Å². The average Bonchev–Trinajstić information content (AvgIpc) is 2.84. The van der Waals surface area contributed by atoms with Crippen molar-refractivity contribution >= 4 is 11.9 Å². The highest BCUT2D eigenvalue weighted by Crippen LogP contribution is 2.58. The van der Waals surface area contributed by atoms with Crippen LogP contribution in [0.15, 0.2) is 12.2 Å². The molecule has 3 rings (SSSR count). The minimum absolute atomic E-state index is 0.00538. The number of carbonyl (C=O) groups excluding carboxylic acids is 2. The van der Waals surface area contributed by atoms with E-state index in [1.165, 1.54) is 6.92 Å². The van der Waals surface area contributed by atoms with E-state index in [0.717, 1.165) is 12.8 Å². The van der Waals surface area contributed by atoms with Crippen molar-refractivity contribution in [1.29, 1.82) is 0 Å². The molecule has 5 nitrogen and oxygen atoms in total. The van der Waals surface area contributed by atoms with Crippen LogP contribution >= 0.6 is 0 Å². The molecular formula is C17H24O5. The molecule has 0 radical (unpaired) electrons. The molecule has 5 heteroatoms. The van der Waals surface area contributed by atoms with Crippen LogP contribution in [0.3, 0.4) is 0 Å². The number of rotatable bonds is 1. The number of hydrogen-bond donors (Lipinski definition) is 1. The summed E-state index contributed by atoms with van der Waals surface area (Å²) in [5.41, 5.74) is -1.99. The molecule has 1 N–H and O–H groups in total. The Hall–Kier alpha value is -1.36. The number of ether oxygens (including phenoxy) is 2. The van der Waals surface area contributed by atoms with Gasteiger partial charge < -0.3 is 14.6 Å². The molecule has 122 valence electrons. The van der Waals surface area contributed by atoms with Gasteiger partial charge in [0.2, 0.25) is 0 Å². The van der Waals surface area contributed by atoms with Crippen molar-refractivity contribution in [3.63, 3.8) is 0 Å². The molecule has 1 saturated heterocycles. The van der Waals surface area contributed by atoms with Gasteiger partial charge in [0.15, 0.2) is 0 Å². The summed E-state index contributed by atoms with van der Waals surface area (Å²) < 4.78 is 11.1. The third-order valence-electron chi connectivity index (χ3n) is 6.19. The highest BCUT2D eigenvalue weighted by atomic mass is 16.6. The zero-order valence-corrected chi connectivity index (χ0v) is 13.5. The van der Waals surface area contributed by atoms with Gasteiger partial charge in [-0.1, -0.05) is 19.9 Å². The molecule has 1 aliphatic heterocycles. The fraction of sp³-hybridized carbons (Fsp3) is 0.765. The monoisotopic (exact) mass is 308 g/mol. The number of aliphatic hydroxyl groups is 1. The van der Waals surface area contributed by atoms with E-state index in [1.54, 1.807) is 12.2 Å². The lowest BCUT2D eigenvalue weighted by Crippen LogP contribution is -2.58. The average molecular weight is 308 g/mol. The second kappa shape index (κ2) is 4.82. The Morgan fingerprint density at radius 1 is 1.41 bits per heavy atom. The minimum atomic E-state index is -1.14. The van der Waals surface area contributed by atoms with E-state index >= 15 is 0 Å². The molecule has 1 heterocycles. The van der Waals surface area contributed by atoms with Gasteiger partial charge in [0.25, 0.3) is 0 Å². The van der Waals surface area contributed by atoms with Crippen molar-refractivity contribution in [1.82, 2.24) is 0 Å². The fourth-order valence-electron chi connectivity index (χ4n) is 4.65. The molecule has 0 unspecified atom stereocenters. The normalized spacial score (nSPS) is 50.0. The van der Waals surface area contributed by atoms with E-state index in [0.29, 0.717) is 0 Å². The third-order valence-corrected chi connectivity index (χ3v) is 6.19. The smallest absolute Gasteiger partial charge is 0.309 e. The number of fused-ring (bicyclic) bond motifs is 3. The first kappa shape index (κ1) is 15.5. The Kier molecular flexibility index (Phi) is 3.40. The molecule has 0 aromatic carbocycles. The minimum Gasteiger partial charge on any atom is -0.461 e. The maximum Gasteiger partial charge on any atom is 0.309 e. The predicted molar refractivity (Wildman–Crippen MR) is 78.7 cm³/mol. The van der Waals surface area contributed by atoms with Gasteiger partial charge in [0, 0.05) is 12.8 Å². The SMILES string of the molecule is CC(=O)O[C@H]1C=C[C@@]2(O)[C@@H](C)CC[C@@H]3[C@@H](OC(=O)[C@@H]3C)[C@]12C. The van der Waals surface area contributed by atoms with E-state index in [2.05, 4.69) is 0 Å². The van der Waals surface area contributed by atoms with E-state index in [1.807, 2.05) is 20.8 Å². The molecule has 3 aliphatic rings. The van der Waals surface area contributed by atoms with Crippen LogP contribution in [0.5, 0.6) is 0 Å². The molecule has 7 atom stereocenters. The van der Waals surface area contributed by atoms with Gasteiger partial charge in [-0.3, -0.25) is 9.59 Å². The number of hydrogen-bond acceptors (Lipinski definition) is 5. The van der Waals surface area contributed by atoms with Crippen molar-refractivity contribution in [2.24, 2.45) is 23.2 Å². The van der Waals surface area contributed by atoms with E-state index in [9.17, 15) is 14.7 Å². The van der Waals surface area contributed by atoms with E-state index < -0.39 is 29.2 Å². The van der Waals surface area contributed by atoms with E-state index in [4.69, 9.17) is 9.47 Å². The van der Waals surface area contributed by atoms with Crippen LogP contribution in [0, 0.1) is 23.2 Å². The lowest BCUT2D eigenvalue weighted by atomic mass is 9.64. The molecule has 2 fully saturated rings. The Labute approximate surface area is 130 Å². The molecule has 2 aliphatic carbocycles. The second-order valence-electron chi connectivity index (χ2n) is 7.29. The van der Waals surface area contributed by atoms with Crippen LogP contribution in [0.2, 0.25) is 0 Å². The van der Waals surface area contributed by atoms with E-state index in [-0.39, 0.29) is 23.7 Å². The summed E-state index contributed by atoms with van der Waals surface area (Å²) in [7, 11) is 0. The van der Waals surface area contributed by atoms with Gasteiger partial charge in [0.05, 0.1) is 16.9 Å². The summed E-state index contributed by atoms with van der Waals surface area (Å²) in [5, 5.41) is 11.4. The molecule has 0 aromatic rings. The molecule has 0 spiro atoms. The second-order valence-corrected chi connectivity index (χ2v) is 7.29. The van der Waals surface area contributed by atoms with Crippen LogP contribution in [-0.2, 0) is 19.1 Å². The maximum atomic E-state index is 12.1. The van der Waals surface area contributed by atoms with Gasteiger partial charge in [-0.25, -0.2) is 0 Å². The lowest BCUT2D eigenvalue weighted by molar-refractivity contribution is -0.187. The highest BCUT2D eigenvalue weighted by Gasteiger charge is 2.67. The number of esters is 2. The first-order valence-electron chi connectivity index (χ1n) is 8.01. The summed E-state index contributed by atoms with van der Waals surface area (Å²) in [6.07, 6.45) is 4.11. The van der Waals surface area contributed by atoms with Crippen LogP contribution in [0.1, 0.15) is 40.5 Å². The Balaban J connectivity index is 2.08. The van der Waals surface area contributed by atoms with Crippen molar-refractivity contribution in [2.45, 2.75) is 58.3 Å². The number of carbonyl (C=O) groups is 2. The zero-order valence-electron chi connectivity index (χ0n) is 13.5. The van der Waals surface area contributed by atoms with Gasteiger partial charge >= 0.3 is 11.9 Å². The van der Waals surface area contributed by atoms with Gasteiger partial charge in [0.1, 0.15) is 12.2 Å². The van der Waals surface area contributed by atoms with Gasteiger partial charge in [-0.2, -0.15) is 0 Å². The summed E-state index contributed by atoms with van der Waals surface area (Å²) in [6, 6.07) is 0. The molecule has 0 amide bonds. The van der Waals surface area contributed by atoms with Crippen LogP contribution in [0.4, 0.5) is 0 Å². The molecule has 0 bridgehead atoms. The predicted octanol–water partition coefficient (Wildman–Crippen LogP) is 1.83. The topological polar surface area (TPSA) is 72.8 Å². The standard InChI is InChI=1S/C17H24O5/c1-9-5-6-12-10(2)15(19)22-14(12)16(4)13(21-11(3)18)7-8-17(9,16)20/h7-10,12-14,20H,5-6H2,1-4H3/t9-,10+,12-,13-,14+,16-,17+/m0/s1. The summed E-state index contributed by atoms with van der Waals surface area (Å²) >= 11 is 0. The van der Waals surface area contributed by atoms with Crippen molar-refractivity contribution < 1.29 is 24.2 Å². The van der Waals surface area contributed by atoms with Crippen LogP contribution in [-0.4, -0.2) is 34.9 Å². The Morgan fingerprint density at radius 2 is 2.09 bits per heavy atom. The van der Waals surface area contributed by atoms with Gasteiger partial charge in [-0.15, -0.1) is 0 Å². The largest absolute Gasteiger partial charge is 0.461 e. The first-order valence-corrected chi connectivity index (χ1v) is 8.01. The van der Waals surface area contributed by atoms with Crippen molar-refractivity contribution in [3.05, 3.63) is 12.2 Å². The summed E-state index contributed by atoms with van der Waals surface area (Å²) in [5.74, 6) is -0.750. The third kappa shape index (κ3) is 1.81. The first-order chi connectivity index (χ1) is 10.2. The van der Waals surface area contributed by atoms with Crippen LogP contribution < -0.4 is 0 Å². The van der Waals surface area contributed by atoms with Crippen molar-refractivity contribution in [3.8, 4) is 0 Å². The lowest BCUT2D eigenvalue weighted by Gasteiger charge is -2.47. The zero-order chi connectivity index (χ0) is 16.3. The Morgan fingerprint density at radius 3 is 2.73 bits per heavy atom. The molecule has 0 aromatic heterocycles. The van der Waals surface area contributed by atoms with Crippen LogP contribution in [0.25, 0.3) is 0 Å². The van der Waals surface area contributed by atoms with Gasteiger partial charge in [-0.05, 0) is 31.8 Å². The highest BCUT2D eigenvalue weighted by molar-refractivity contribution is 5.75. The molecule has 22 heavy (non-hydrogen) atoms. The molecule has 1 saturated carbocycles. The quantitative estimate of drug-likeness (QED) is 0.591.